The van der Waals surface area contributed by atoms with Crippen molar-refractivity contribution in [3.63, 3.8) is 0 Å². The van der Waals surface area contributed by atoms with Crippen molar-refractivity contribution in [2.24, 2.45) is 0 Å². The van der Waals surface area contributed by atoms with E-state index in [-0.39, 0.29) is 11.2 Å². The SMILES string of the molecule is Cc1ccccc1Nc1nnc(SC(C)C(=O)Nc2nc(-c3ccccc3)cs2)s1. The third kappa shape index (κ3) is 5.05. The molecule has 2 N–H and O–H groups in total. The number of rotatable bonds is 7. The molecular formula is C21H19N5OS3. The average molecular weight is 454 g/mol. The zero-order valence-corrected chi connectivity index (χ0v) is 18.8. The first kappa shape index (κ1) is 20.5. The summed E-state index contributed by atoms with van der Waals surface area (Å²) in [6.45, 7) is 3.88. The number of amides is 1. The first-order valence-electron chi connectivity index (χ1n) is 9.23. The van der Waals surface area contributed by atoms with Crippen LogP contribution in [0, 0.1) is 6.92 Å². The van der Waals surface area contributed by atoms with Gasteiger partial charge >= 0.3 is 0 Å². The fourth-order valence-electron chi connectivity index (χ4n) is 2.62. The molecule has 1 amide bonds. The van der Waals surface area contributed by atoms with Gasteiger partial charge in [-0.3, -0.25) is 4.79 Å². The lowest BCUT2D eigenvalue weighted by atomic mass is 10.2. The second-order valence-corrected chi connectivity index (χ2v) is 9.89. The van der Waals surface area contributed by atoms with E-state index in [1.54, 1.807) is 0 Å². The van der Waals surface area contributed by atoms with Crippen LogP contribution in [0.25, 0.3) is 11.3 Å². The fourth-order valence-corrected chi connectivity index (χ4v) is 5.25. The Bertz CT molecular complexity index is 1140. The number of para-hydroxylation sites is 1. The molecule has 0 aliphatic heterocycles. The molecule has 0 aliphatic rings. The van der Waals surface area contributed by atoms with Crippen LogP contribution in [0.15, 0.2) is 64.3 Å². The minimum absolute atomic E-state index is 0.113. The summed E-state index contributed by atoms with van der Waals surface area (Å²) in [5.74, 6) is -0.113. The summed E-state index contributed by atoms with van der Waals surface area (Å²) in [7, 11) is 0. The largest absolute Gasteiger partial charge is 0.330 e. The van der Waals surface area contributed by atoms with Gasteiger partial charge in [-0.1, -0.05) is 71.6 Å². The van der Waals surface area contributed by atoms with E-state index in [9.17, 15) is 4.79 Å². The molecule has 0 fully saturated rings. The van der Waals surface area contributed by atoms with Crippen molar-refractivity contribution in [1.82, 2.24) is 15.2 Å². The molecule has 9 heteroatoms. The van der Waals surface area contributed by atoms with E-state index in [1.807, 2.05) is 73.8 Å². The van der Waals surface area contributed by atoms with Gasteiger partial charge in [0.2, 0.25) is 11.0 Å². The number of benzene rings is 2. The van der Waals surface area contributed by atoms with Crippen molar-refractivity contribution in [3.05, 3.63) is 65.5 Å². The maximum absolute atomic E-state index is 12.6. The van der Waals surface area contributed by atoms with Crippen LogP contribution in [0.5, 0.6) is 0 Å². The van der Waals surface area contributed by atoms with Gasteiger partial charge in [-0.2, -0.15) is 0 Å². The first-order chi connectivity index (χ1) is 14.6. The predicted molar refractivity (Wildman–Crippen MR) is 126 cm³/mol. The van der Waals surface area contributed by atoms with Crippen molar-refractivity contribution in [3.8, 4) is 11.3 Å². The highest BCUT2D eigenvalue weighted by Gasteiger charge is 2.19. The third-order valence-electron chi connectivity index (χ3n) is 4.24. The number of aryl methyl sites for hydroxylation is 1. The van der Waals surface area contributed by atoms with Gasteiger partial charge in [0.15, 0.2) is 9.47 Å². The monoisotopic (exact) mass is 453 g/mol. The number of nitrogens with zero attached hydrogens (tertiary/aromatic N) is 3. The topological polar surface area (TPSA) is 79.8 Å². The third-order valence-corrected chi connectivity index (χ3v) is 7.02. The van der Waals surface area contributed by atoms with Crippen molar-refractivity contribution >= 4 is 56.3 Å². The predicted octanol–water partition coefficient (Wildman–Crippen LogP) is 5.83. The smallest absolute Gasteiger partial charge is 0.239 e. The van der Waals surface area contributed by atoms with Gasteiger partial charge < -0.3 is 10.6 Å². The standard InChI is InChI=1S/C21H19N5OS3/c1-13-8-6-7-11-16(13)22-20-25-26-21(30-20)29-14(2)18(27)24-19-23-17(12-28-19)15-9-4-3-5-10-15/h3-12,14H,1-2H3,(H,22,25)(H,23,24,27). The van der Waals surface area contributed by atoms with E-state index in [0.717, 1.165) is 26.8 Å². The van der Waals surface area contributed by atoms with Crippen LogP contribution in [0.4, 0.5) is 16.0 Å². The summed E-state index contributed by atoms with van der Waals surface area (Å²) in [5.41, 5.74) is 4.01. The van der Waals surface area contributed by atoms with Crippen molar-refractivity contribution in [1.29, 1.82) is 0 Å². The molecule has 6 nitrogen and oxygen atoms in total. The van der Waals surface area contributed by atoms with Crippen LogP contribution >= 0.6 is 34.4 Å². The van der Waals surface area contributed by atoms with Crippen LogP contribution < -0.4 is 10.6 Å². The highest BCUT2D eigenvalue weighted by atomic mass is 32.2. The number of hydrogen-bond donors (Lipinski definition) is 2. The van der Waals surface area contributed by atoms with E-state index in [1.165, 1.54) is 34.4 Å². The Hall–Kier alpha value is -2.75. The van der Waals surface area contributed by atoms with Gasteiger partial charge in [0.25, 0.3) is 0 Å². The van der Waals surface area contributed by atoms with Gasteiger partial charge in [0.1, 0.15) is 0 Å². The zero-order chi connectivity index (χ0) is 20.9. The number of carbonyl (C=O) groups is 1. The minimum Gasteiger partial charge on any atom is -0.330 e. The van der Waals surface area contributed by atoms with Crippen LogP contribution in [0.3, 0.4) is 0 Å². The summed E-state index contributed by atoms with van der Waals surface area (Å²) >= 11 is 4.22. The highest BCUT2D eigenvalue weighted by Crippen LogP contribution is 2.32. The molecule has 0 spiro atoms. The zero-order valence-electron chi connectivity index (χ0n) is 16.3. The number of hydrogen-bond acceptors (Lipinski definition) is 8. The molecule has 0 saturated heterocycles. The van der Waals surface area contributed by atoms with Gasteiger partial charge in [-0.25, -0.2) is 4.98 Å². The average Bonchev–Trinajstić information content (AvgIpc) is 3.40. The summed E-state index contributed by atoms with van der Waals surface area (Å²) < 4.78 is 0.734. The lowest BCUT2D eigenvalue weighted by Crippen LogP contribution is -2.22. The Labute approximate surface area is 186 Å². The summed E-state index contributed by atoms with van der Waals surface area (Å²) in [5, 5.41) is 17.4. The Balaban J connectivity index is 1.35. The van der Waals surface area contributed by atoms with Gasteiger partial charge in [0.05, 0.1) is 10.9 Å². The van der Waals surface area contributed by atoms with E-state index in [4.69, 9.17) is 0 Å². The Morgan fingerprint density at radius 2 is 1.80 bits per heavy atom. The number of anilines is 3. The normalized spacial score (nSPS) is 11.8. The van der Waals surface area contributed by atoms with Crippen molar-refractivity contribution in [2.45, 2.75) is 23.4 Å². The molecule has 2 heterocycles. The highest BCUT2D eigenvalue weighted by molar-refractivity contribution is 8.02. The van der Waals surface area contributed by atoms with Crippen LogP contribution in [0.2, 0.25) is 0 Å². The molecule has 2 aromatic carbocycles. The number of aromatic nitrogens is 3. The molecule has 0 aliphatic carbocycles. The number of thioether (sulfide) groups is 1. The van der Waals surface area contributed by atoms with Gasteiger partial charge in [-0.15, -0.1) is 21.5 Å². The van der Waals surface area contributed by atoms with E-state index >= 15 is 0 Å². The molecule has 0 saturated carbocycles. The Morgan fingerprint density at radius 1 is 1.03 bits per heavy atom. The number of thiazole rings is 1. The molecule has 30 heavy (non-hydrogen) atoms. The lowest BCUT2D eigenvalue weighted by Gasteiger charge is -2.08. The van der Waals surface area contributed by atoms with E-state index < -0.39 is 0 Å². The Morgan fingerprint density at radius 3 is 2.60 bits per heavy atom. The summed E-state index contributed by atoms with van der Waals surface area (Å²) in [6, 6.07) is 17.9. The number of carbonyl (C=O) groups excluding carboxylic acids is 1. The van der Waals surface area contributed by atoms with Gasteiger partial charge in [-0.05, 0) is 25.5 Å². The summed E-state index contributed by atoms with van der Waals surface area (Å²) in [6.07, 6.45) is 0. The quantitative estimate of drug-likeness (QED) is 0.343. The lowest BCUT2D eigenvalue weighted by molar-refractivity contribution is -0.115. The van der Waals surface area contributed by atoms with Crippen LogP contribution in [-0.2, 0) is 4.79 Å². The molecule has 1 atom stereocenters. The molecule has 0 bridgehead atoms. The second-order valence-electron chi connectivity index (χ2n) is 6.47. The summed E-state index contributed by atoms with van der Waals surface area (Å²) in [4.78, 5) is 17.1. The van der Waals surface area contributed by atoms with Crippen LogP contribution in [0.1, 0.15) is 12.5 Å². The molecule has 1 unspecified atom stereocenters. The second kappa shape index (κ2) is 9.38. The Kier molecular flexibility index (Phi) is 6.41. The molecule has 4 aromatic rings. The van der Waals surface area contributed by atoms with E-state index in [0.29, 0.717) is 10.3 Å². The van der Waals surface area contributed by atoms with Gasteiger partial charge in [0, 0.05) is 16.6 Å². The van der Waals surface area contributed by atoms with E-state index in [2.05, 4.69) is 25.8 Å². The molecule has 2 aromatic heterocycles. The minimum atomic E-state index is -0.326. The maximum Gasteiger partial charge on any atom is 0.239 e. The van der Waals surface area contributed by atoms with Crippen LogP contribution in [-0.4, -0.2) is 26.3 Å². The first-order valence-corrected chi connectivity index (χ1v) is 11.8. The molecular weight excluding hydrogens is 434 g/mol. The fraction of sp³-hybridized carbons (Fsp3) is 0.143. The molecule has 152 valence electrons. The van der Waals surface area contributed by atoms with Crippen molar-refractivity contribution < 1.29 is 4.79 Å². The van der Waals surface area contributed by atoms with Crippen molar-refractivity contribution in [2.75, 3.05) is 10.6 Å². The molecule has 0 radical (unpaired) electrons. The maximum atomic E-state index is 12.6. The molecule has 4 rings (SSSR count). The number of nitrogens with one attached hydrogen (secondary N) is 2.